The third kappa shape index (κ3) is 5.54. The lowest BCUT2D eigenvalue weighted by molar-refractivity contribution is -0.135. The van der Waals surface area contributed by atoms with Gasteiger partial charge >= 0.3 is 0 Å². The molecular formula is C29H40N4O. The van der Waals surface area contributed by atoms with E-state index in [0.717, 1.165) is 64.7 Å². The fraction of sp³-hybridized carbons (Fsp3) is 0.552. The summed E-state index contributed by atoms with van der Waals surface area (Å²) in [6.07, 6.45) is 6.19. The highest BCUT2D eigenvalue weighted by Crippen LogP contribution is 2.28. The molecule has 3 aliphatic rings. The number of likely N-dealkylation sites (N-methyl/N-ethyl adjacent to an activating group) is 1. The molecule has 1 amide bonds. The first-order valence-electron chi connectivity index (χ1n) is 13.2. The van der Waals surface area contributed by atoms with Crippen molar-refractivity contribution in [3.63, 3.8) is 0 Å². The van der Waals surface area contributed by atoms with E-state index in [-0.39, 0.29) is 0 Å². The van der Waals surface area contributed by atoms with Crippen molar-refractivity contribution in [2.75, 3.05) is 59.9 Å². The zero-order chi connectivity index (χ0) is 23.5. The van der Waals surface area contributed by atoms with Crippen LogP contribution in [0.25, 0.3) is 11.1 Å². The lowest BCUT2D eigenvalue weighted by Gasteiger charge is -2.43. The molecule has 5 rings (SSSR count). The van der Waals surface area contributed by atoms with Crippen molar-refractivity contribution < 1.29 is 4.79 Å². The summed E-state index contributed by atoms with van der Waals surface area (Å²) in [7, 11) is 4.24. The van der Waals surface area contributed by atoms with Crippen LogP contribution < -0.4 is 0 Å². The average molecular weight is 461 g/mol. The highest BCUT2D eigenvalue weighted by molar-refractivity contribution is 5.78. The first-order valence-corrected chi connectivity index (χ1v) is 13.2. The molecule has 1 saturated carbocycles. The van der Waals surface area contributed by atoms with E-state index in [9.17, 15) is 4.79 Å². The van der Waals surface area contributed by atoms with Gasteiger partial charge < -0.3 is 9.80 Å². The molecular weight excluding hydrogens is 420 g/mol. The number of hydrogen-bond donors (Lipinski definition) is 0. The Morgan fingerprint density at radius 1 is 0.912 bits per heavy atom. The SMILES string of the molecule is CN(C)CCc1ccc(-c2ccc3c(c2)CCN(CC(=O)N2CCN(C4CCC4)CC2)C3)cc1. The molecule has 1 aliphatic carbocycles. The smallest absolute Gasteiger partial charge is 0.236 e. The molecule has 34 heavy (non-hydrogen) atoms. The van der Waals surface area contributed by atoms with Gasteiger partial charge in [-0.25, -0.2) is 0 Å². The van der Waals surface area contributed by atoms with Crippen molar-refractivity contribution in [1.82, 2.24) is 19.6 Å². The highest BCUT2D eigenvalue weighted by Gasteiger charge is 2.30. The molecule has 0 bridgehead atoms. The molecule has 2 heterocycles. The Hall–Kier alpha value is -2.21. The van der Waals surface area contributed by atoms with Gasteiger partial charge in [0.05, 0.1) is 6.54 Å². The van der Waals surface area contributed by atoms with E-state index in [1.807, 2.05) is 0 Å². The number of hydrogen-bond acceptors (Lipinski definition) is 4. The normalized spacial score (nSPS) is 19.8. The summed E-state index contributed by atoms with van der Waals surface area (Å²) in [5.74, 6) is 0.308. The molecule has 0 atom stereocenters. The summed E-state index contributed by atoms with van der Waals surface area (Å²) in [6, 6.07) is 16.7. The lowest BCUT2D eigenvalue weighted by atomic mass is 9.91. The molecule has 1 saturated heterocycles. The first-order chi connectivity index (χ1) is 16.5. The number of amides is 1. The fourth-order valence-corrected chi connectivity index (χ4v) is 5.52. The molecule has 2 aromatic carbocycles. The van der Waals surface area contributed by atoms with Gasteiger partial charge in [0, 0.05) is 51.9 Å². The van der Waals surface area contributed by atoms with Crippen LogP contribution in [0.5, 0.6) is 0 Å². The average Bonchev–Trinajstić information content (AvgIpc) is 2.82. The number of carbonyl (C=O) groups excluding carboxylic acids is 1. The summed E-state index contributed by atoms with van der Waals surface area (Å²) < 4.78 is 0. The molecule has 0 aromatic heterocycles. The zero-order valence-electron chi connectivity index (χ0n) is 21.0. The second kappa shape index (κ2) is 10.6. The van der Waals surface area contributed by atoms with Crippen LogP contribution in [0.3, 0.4) is 0 Å². The second-order valence-corrected chi connectivity index (χ2v) is 10.7. The second-order valence-electron chi connectivity index (χ2n) is 10.7. The molecule has 0 radical (unpaired) electrons. The highest BCUT2D eigenvalue weighted by atomic mass is 16.2. The maximum Gasteiger partial charge on any atom is 0.236 e. The topological polar surface area (TPSA) is 30.0 Å². The Morgan fingerprint density at radius 2 is 1.65 bits per heavy atom. The van der Waals surface area contributed by atoms with Gasteiger partial charge in [-0.1, -0.05) is 48.9 Å². The van der Waals surface area contributed by atoms with Crippen LogP contribution in [-0.2, 0) is 24.2 Å². The predicted octanol–water partition coefficient (Wildman–Crippen LogP) is 3.51. The van der Waals surface area contributed by atoms with E-state index in [4.69, 9.17) is 0 Å². The van der Waals surface area contributed by atoms with E-state index < -0.39 is 0 Å². The Morgan fingerprint density at radius 3 is 2.32 bits per heavy atom. The van der Waals surface area contributed by atoms with Crippen LogP contribution in [-0.4, -0.2) is 91.5 Å². The number of benzene rings is 2. The van der Waals surface area contributed by atoms with Gasteiger partial charge in [0.2, 0.25) is 5.91 Å². The number of carbonyl (C=O) groups is 1. The molecule has 0 spiro atoms. The Bertz CT molecular complexity index is 974. The molecule has 2 aromatic rings. The van der Waals surface area contributed by atoms with Gasteiger partial charge in [-0.05, 0) is 67.6 Å². The summed E-state index contributed by atoms with van der Waals surface area (Å²) in [5.41, 5.74) is 6.79. The molecule has 5 heteroatoms. The van der Waals surface area contributed by atoms with Crippen LogP contribution >= 0.6 is 0 Å². The van der Waals surface area contributed by atoms with Crippen LogP contribution in [0.4, 0.5) is 0 Å². The van der Waals surface area contributed by atoms with Crippen LogP contribution in [0.15, 0.2) is 42.5 Å². The minimum absolute atomic E-state index is 0.308. The molecule has 2 aliphatic heterocycles. The van der Waals surface area contributed by atoms with E-state index in [1.54, 1.807) is 0 Å². The summed E-state index contributed by atoms with van der Waals surface area (Å²) in [5, 5.41) is 0. The molecule has 5 nitrogen and oxygen atoms in total. The van der Waals surface area contributed by atoms with E-state index in [2.05, 4.69) is 76.2 Å². The van der Waals surface area contributed by atoms with Crippen molar-refractivity contribution in [2.24, 2.45) is 0 Å². The Balaban J connectivity index is 1.14. The number of rotatable bonds is 7. The largest absolute Gasteiger partial charge is 0.339 e. The lowest BCUT2D eigenvalue weighted by Crippen LogP contribution is -2.55. The summed E-state index contributed by atoms with van der Waals surface area (Å²) in [4.78, 5) is 22.2. The van der Waals surface area contributed by atoms with Gasteiger partial charge in [0.15, 0.2) is 0 Å². The third-order valence-electron chi connectivity index (χ3n) is 8.05. The first kappa shape index (κ1) is 23.5. The van der Waals surface area contributed by atoms with Crippen molar-refractivity contribution in [1.29, 1.82) is 0 Å². The molecule has 2 fully saturated rings. The van der Waals surface area contributed by atoms with Crippen molar-refractivity contribution in [3.8, 4) is 11.1 Å². The summed E-state index contributed by atoms with van der Waals surface area (Å²) >= 11 is 0. The van der Waals surface area contributed by atoms with Crippen LogP contribution in [0.2, 0.25) is 0 Å². The minimum Gasteiger partial charge on any atom is -0.339 e. The molecule has 0 N–H and O–H groups in total. The van der Waals surface area contributed by atoms with E-state index in [0.29, 0.717) is 12.5 Å². The Kier molecular flexibility index (Phi) is 7.33. The predicted molar refractivity (Wildman–Crippen MR) is 139 cm³/mol. The monoisotopic (exact) mass is 460 g/mol. The van der Waals surface area contributed by atoms with Crippen molar-refractivity contribution in [3.05, 3.63) is 59.2 Å². The van der Waals surface area contributed by atoms with Gasteiger partial charge in [-0.3, -0.25) is 14.6 Å². The minimum atomic E-state index is 0.308. The third-order valence-corrected chi connectivity index (χ3v) is 8.05. The quantitative estimate of drug-likeness (QED) is 0.633. The van der Waals surface area contributed by atoms with Gasteiger partial charge in [0.25, 0.3) is 0 Å². The van der Waals surface area contributed by atoms with Gasteiger partial charge in [0.1, 0.15) is 0 Å². The standard InChI is InChI=1S/C29H40N4O/c1-30(2)14-12-23-6-8-24(9-7-23)25-10-11-27-21-31(15-13-26(27)20-25)22-29(34)33-18-16-32(17-19-33)28-4-3-5-28/h6-11,20,28H,3-5,12-19,21-22H2,1-2H3. The van der Waals surface area contributed by atoms with Crippen LogP contribution in [0, 0.1) is 0 Å². The summed E-state index contributed by atoms with van der Waals surface area (Å²) in [6.45, 7) is 7.39. The zero-order valence-corrected chi connectivity index (χ0v) is 21.0. The maximum atomic E-state index is 13.0. The van der Waals surface area contributed by atoms with E-state index in [1.165, 1.54) is 47.1 Å². The number of piperazine rings is 1. The fourth-order valence-electron chi connectivity index (χ4n) is 5.52. The Labute approximate surface area is 205 Å². The maximum absolute atomic E-state index is 13.0. The van der Waals surface area contributed by atoms with Crippen molar-refractivity contribution in [2.45, 2.75) is 44.7 Å². The van der Waals surface area contributed by atoms with Gasteiger partial charge in [-0.2, -0.15) is 0 Å². The van der Waals surface area contributed by atoms with Gasteiger partial charge in [-0.15, -0.1) is 0 Å². The van der Waals surface area contributed by atoms with Crippen molar-refractivity contribution >= 4 is 5.91 Å². The van der Waals surface area contributed by atoms with Crippen LogP contribution in [0.1, 0.15) is 36.0 Å². The number of fused-ring (bicyclic) bond motifs is 1. The molecule has 182 valence electrons. The molecule has 0 unspecified atom stereocenters. The number of nitrogens with zero attached hydrogens (tertiary/aromatic N) is 4. The van der Waals surface area contributed by atoms with E-state index >= 15 is 0 Å².